The number of hydrogen-bond acceptors (Lipinski definition) is 5. The number of carbonyl (C=O) groups excluding carboxylic acids is 2. The first kappa shape index (κ1) is 13.5. The van der Waals surface area contributed by atoms with E-state index in [0.717, 1.165) is 0 Å². The van der Waals surface area contributed by atoms with E-state index in [1.807, 2.05) is 10.6 Å². The third kappa shape index (κ3) is 2.43. The van der Waals surface area contributed by atoms with Gasteiger partial charge in [-0.15, -0.1) is 0 Å². The Morgan fingerprint density at radius 1 is 0.947 bits per heavy atom. The van der Waals surface area contributed by atoms with E-state index in [1.165, 1.54) is 0 Å². The molecule has 7 nitrogen and oxygen atoms in total. The molecule has 0 bridgehead atoms. The minimum Gasteiger partial charge on any atom is -0.391 e. The Labute approximate surface area is 108 Å². The van der Waals surface area contributed by atoms with Crippen molar-refractivity contribution in [1.82, 2.24) is 10.6 Å². The number of benzene rings is 1. The summed E-state index contributed by atoms with van der Waals surface area (Å²) >= 11 is 0. The Kier molecular flexibility index (Phi) is 3.27. The lowest BCUT2D eigenvalue weighted by Gasteiger charge is -2.39. The topological polar surface area (TPSA) is 119 Å². The van der Waals surface area contributed by atoms with Gasteiger partial charge in [0, 0.05) is 6.42 Å². The minimum atomic E-state index is -2.40. The number of aliphatic hydroxyl groups is 3. The number of piperazine rings is 1. The van der Waals surface area contributed by atoms with Crippen LogP contribution in [0, 0.1) is 0 Å². The first-order chi connectivity index (χ1) is 8.89. The van der Waals surface area contributed by atoms with E-state index in [0.29, 0.717) is 5.56 Å². The second-order valence-corrected chi connectivity index (χ2v) is 4.45. The summed E-state index contributed by atoms with van der Waals surface area (Å²) < 4.78 is 0. The predicted molar refractivity (Wildman–Crippen MR) is 63.4 cm³/mol. The van der Waals surface area contributed by atoms with Gasteiger partial charge in [0.1, 0.15) is 6.61 Å². The van der Waals surface area contributed by atoms with E-state index in [2.05, 4.69) is 0 Å². The summed E-state index contributed by atoms with van der Waals surface area (Å²) in [6.45, 7) is -0.980. The summed E-state index contributed by atoms with van der Waals surface area (Å²) in [7, 11) is 0. The Hall–Kier alpha value is -1.96. The fourth-order valence-corrected chi connectivity index (χ4v) is 1.82. The Morgan fingerprint density at radius 2 is 1.47 bits per heavy atom. The van der Waals surface area contributed by atoms with Crippen molar-refractivity contribution in [2.24, 2.45) is 0 Å². The van der Waals surface area contributed by atoms with Gasteiger partial charge in [0.2, 0.25) is 11.4 Å². The zero-order valence-corrected chi connectivity index (χ0v) is 9.96. The van der Waals surface area contributed by atoms with Crippen molar-refractivity contribution < 1.29 is 24.9 Å². The first-order valence-corrected chi connectivity index (χ1v) is 5.64. The summed E-state index contributed by atoms with van der Waals surface area (Å²) in [6.07, 6.45) is -0.146. The third-order valence-corrected chi connectivity index (χ3v) is 2.92. The number of amides is 2. The van der Waals surface area contributed by atoms with Crippen LogP contribution in [0.4, 0.5) is 0 Å². The summed E-state index contributed by atoms with van der Waals surface area (Å²) in [5, 5.41) is 32.6. The molecule has 1 aliphatic rings. The van der Waals surface area contributed by atoms with Crippen molar-refractivity contribution in [2.75, 3.05) is 6.61 Å². The molecule has 0 radical (unpaired) electrons. The molecule has 5 N–H and O–H groups in total. The molecular formula is C12H14N2O5. The van der Waals surface area contributed by atoms with Crippen molar-refractivity contribution in [2.45, 2.75) is 17.9 Å². The van der Waals surface area contributed by atoms with Gasteiger partial charge in [0.05, 0.1) is 0 Å². The van der Waals surface area contributed by atoms with Gasteiger partial charge in [-0.25, -0.2) is 0 Å². The lowest BCUT2D eigenvalue weighted by atomic mass is 9.97. The van der Waals surface area contributed by atoms with Crippen LogP contribution >= 0.6 is 0 Å². The number of carbonyl (C=O) groups is 2. The Balaban J connectivity index is 2.21. The Bertz CT molecular complexity index is 506. The molecule has 2 rings (SSSR count). The van der Waals surface area contributed by atoms with Gasteiger partial charge in [-0.3, -0.25) is 9.59 Å². The van der Waals surface area contributed by atoms with Crippen molar-refractivity contribution in [1.29, 1.82) is 0 Å². The molecule has 7 heteroatoms. The molecule has 1 aromatic rings. The normalized spacial score (nSPS) is 30.7. The number of rotatable bonds is 3. The van der Waals surface area contributed by atoms with Gasteiger partial charge in [-0.1, -0.05) is 30.3 Å². The van der Waals surface area contributed by atoms with Crippen molar-refractivity contribution in [3.63, 3.8) is 0 Å². The molecule has 0 aliphatic carbocycles. The zero-order chi connectivity index (χ0) is 14.1. The molecule has 1 heterocycles. The molecule has 2 amide bonds. The van der Waals surface area contributed by atoms with Gasteiger partial charge < -0.3 is 26.0 Å². The van der Waals surface area contributed by atoms with Crippen molar-refractivity contribution >= 4 is 11.8 Å². The summed E-state index contributed by atoms with van der Waals surface area (Å²) in [4.78, 5) is 23.4. The highest BCUT2D eigenvalue weighted by Gasteiger charge is 2.52. The number of nitrogens with one attached hydrogen (secondary N) is 2. The fourth-order valence-electron chi connectivity index (χ4n) is 1.82. The van der Waals surface area contributed by atoms with E-state index >= 15 is 0 Å². The molecule has 2 atom stereocenters. The molecule has 19 heavy (non-hydrogen) atoms. The summed E-state index contributed by atoms with van der Waals surface area (Å²) in [6, 6.07) is 8.60. The fraction of sp³-hybridized carbons (Fsp3) is 0.333. The largest absolute Gasteiger partial charge is 0.391 e. The van der Waals surface area contributed by atoms with E-state index in [-0.39, 0.29) is 6.42 Å². The quantitative estimate of drug-likeness (QED) is 0.427. The van der Waals surface area contributed by atoms with Crippen LogP contribution in [0.2, 0.25) is 0 Å². The van der Waals surface area contributed by atoms with Gasteiger partial charge in [-0.05, 0) is 5.56 Å². The monoisotopic (exact) mass is 266 g/mol. The van der Waals surface area contributed by atoms with Crippen LogP contribution in [-0.2, 0) is 16.0 Å². The highest BCUT2D eigenvalue weighted by molar-refractivity contribution is 6.00. The van der Waals surface area contributed by atoms with Gasteiger partial charge in [0.25, 0.3) is 11.8 Å². The molecule has 102 valence electrons. The second kappa shape index (κ2) is 4.61. The average molecular weight is 266 g/mol. The van der Waals surface area contributed by atoms with Crippen LogP contribution in [0.15, 0.2) is 30.3 Å². The van der Waals surface area contributed by atoms with E-state index in [4.69, 9.17) is 5.11 Å². The van der Waals surface area contributed by atoms with Gasteiger partial charge >= 0.3 is 0 Å². The van der Waals surface area contributed by atoms with Crippen LogP contribution in [0.1, 0.15) is 5.56 Å². The van der Waals surface area contributed by atoms with Crippen LogP contribution in [0.3, 0.4) is 0 Å². The molecule has 0 spiro atoms. The van der Waals surface area contributed by atoms with Crippen molar-refractivity contribution in [3.8, 4) is 0 Å². The molecule has 0 aromatic heterocycles. The third-order valence-electron chi connectivity index (χ3n) is 2.92. The maximum absolute atomic E-state index is 11.8. The standard InChI is InChI=1S/C12H14N2O5/c15-7-12(19)10(17)13-11(18,9(16)14-12)6-8-4-2-1-3-5-8/h1-5,15,18-19H,6-7H2,(H,13,17)(H,14,16)/t11-,12-/m1/s1. The number of aliphatic hydroxyl groups excluding tert-OH is 1. The highest BCUT2D eigenvalue weighted by atomic mass is 16.4. The van der Waals surface area contributed by atoms with Gasteiger partial charge in [-0.2, -0.15) is 0 Å². The predicted octanol–water partition coefficient (Wildman–Crippen LogP) is -2.16. The zero-order valence-electron chi connectivity index (χ0n) is 9.96. The van der Waals surface area contributed by atoms with Crippen LogP contribution in [-0.4, -0.2) is 45.2 Å². The molecule has 1 aromatic carbocycles. The average Bonchev–Trinajstić information content (AvgIpc) is 2.38. The van der Waals surface area contributed by atoms with Crippen LogP contribution in [0.5, 0.6) is 0 Å². The smallest absolute Gasteiger partial charge is 0.278 e. The number of hydrogen-bond donors (Lipinski definition) is 5. The molecule has 0 unspecified atom stereocenters. The second-order valence-electron chi connectivity index (χ2n) is 4.45. The van der Waals surface area contributed by atoms with Crippen LogP contribution in [0.25, 0.3) is 0 Å². The first-order valence-electron chi connectivity index (χ1n) is 5.64. The Morgan fingerprint density at radius 3 is 2.05 bits per heavy atom. The lowest BCUT2D eigenvalue weighted by molar-refractivity contribution is -0.181. The lowest BCUT2D eigenvalue weighted by Crippen LogP contribution is -2.76. The maximum atomic E-state index is 11.8. The molecular weight excluding hydrogens is 252 g/mol. The molecule has 1 aliphatic heterocycles. The van der Waals surface area contributed by atoms with E-state index in [1.54, 1.807) is 30.3 Å². The summed E-state index contributed by atoms with van der Waals surface area (Å²) in [5.41, 5.74) is -3.92. The maximum Gasteiger partial charge on any atom is 0.278 e. The van der Waals surface area contributed by atoms with E-state index < -0.39 is 29.9 Å². The molecule has 1 fully saturated rings. The van der Waals surface area contributed by atoms with Crippen molar-refractivity contribution in [3.05, 3.63) is 35.9 Å². The SMILES string of the molecule is O=C1N[C@@](O)(Cc2ccccc2)C(=O)N[C@@]1(O)CO. The van der Waals surface area contributed by atoms with Gasteiger partial charge in [0.15, 0.2) is 0 Å². The summed E-state index contributed by atoms with van der Waals surface area (Å²) in [5.74, 6) is -2.04. The molecule has 0 saturated carbocycles. The minimum absolute atomic E-state index is 0.146. The molecule has 1 saturated heterocycles. The van der Waals surface area contributed by atoms with E-state index in [9.17, 15) is 19.8 Å². The van der Waals surface area contributed by atoms with Crippen LogP contribution < -0.4 is 10.6 Å². The highest BCUT2D eigenvalue weighted by Crippen LogP contribution is 2.18.